The molecule has 0 saturated carbocycles. The second-order valence-electron chi connectivity index (χ2n) is 6.54. The summed E-state index contributed by atoms with van der Waals surface area (Å²) in [6, 6.07) is -5.56. The van der Waals surface area contributed by atoms with Crippen LogP contribution in [0.15, 0.2) is 4.99 Å². The molecule has 182 valence electrons. The number of carboxylic acid groups (broad SMARTS) is 2. The molecule has 0 aliphatic carbocycles. The van der Waals surface area contributed by atoms with Gasteiger partial charge < -0.3 is 48.5 Å². The number of carbonyl (C=O) groups excluding carboxylic acids is 3. The summed E-state index contributed by atoms with van der Waals surface area (Å²) in [5.41, 5.74) is 15.9. The van der Waals surface area contributed by atoms with Gasteiger partial charge in [-0.15, -0.1) is 0 Å². The van der Waals surface area contributed by atoms with Crippen molar-refractivity contribution in [1.82, 2.24) is 16.0 Å². The number of rotatable bonds is 15. The minimum atomic E-state index is -1.60. The van der Waals surface area contributed by atoms with E-state index in [1.807, 2.05) is 0 Å². The first-order chi connectivity index (χ1) is 14.9. The van der Waals surface area contributed by atoms with Gasteiger partial charge in [-0.3, -0.25) is 24.2 Å². The number of carboxylic acids is 2. The molecule has 0 heterocycles. The van der Waals surface area contributed by atoms with Crippen molar-refractivity contribution < 1.29 is 39.3 Å². The normalized spacial score (nSPS) is 14.2. The molecule has 0 aromatic carbocycles. The van der Waals surface area contributed by atoms with Crippen molar-refractivity contribution in [2.45, 2.75) is 43.4 Å². The van der Waals surface area contributed by atoms with E-state index >= 15 is 0 Å². The number of nitrogens with zero attached hydrogens (tertiary/aromatic N) is 1. The minimum Gasteiger partial charge on any atom is -0.481 e. The number of aliphatic hydroxyl groups excluding tert-OH is 1. The number of thiol groups is 1. The van der Waals surface area contributed by atoms with E-state index in [1.54, 1.807) is 0 Å². The Bertz CT molecular complexity index is 717. The van der Waals surface area contributed by atoms with Gasteiger partial charge in [0.05, 0.1) is 19.1 Å². The average molecular weight is 480 g/mol. The van der Waals surface area contributed by atoms with Gasteiger partial charge in [0.2, 0.25) is 17.7 Å². The smallest absolute Gasteiger partial charge is 0.328 e. The lowest BCUT2D eigenvalue weighted by molar-refractivity contribution is -0.143. The molecule has 4 atom stereocenters. The number of hydrogen-bond donors (Lipinski definition) is 10. The molecule has 0 aliphatic rings. The van der Waals surface area contributed by atoms with Crippen molar-refractivity contribution in [1.29, 1.82) is 0 Å². The van der Waals surface area contributed by atoms with Gasteiger partial charge in [-0.1, -0.05) is 0 Å². The third-order valence-electron chi connectivity index (χ3n) is 3.92. The van der Waals surface area contributed by atoms with Crippen LogP contribution in [0.25, 0.3) is 0 Å². The zero-order valence-corrected chi connectivity index (χ0v) is 18.0. The molecule has 0 spiro atoms. The highest BCUT2D eigenvalue weighted by molar-refractivity contribution is 7.80. The third-order valence-corrected chi connectivity index (χ3v) is 4.29. The van der Waals surface area contributed by atoms with Gasteiger partial charge in [-0.05, 0) is 12.8 Å². The molecule has 3 amide bonds. The van der Waals surface area contributed by atoms with Gasteiger partial charge >= 0.3 is 11.9 Å². The summed E-state index contributed by atoms with van der Waals surface area (Å²) in [5, 5.41) is 33.4. The lowest BCUT2D eigenvalue weighted by Gasteiger charge is -2.24. The predicted octanol–water partition coefficient (Wildman–Crippen LogP) is -4.70. The van der Waals surface area contributed by atoms with Gasteiger partial charge in [0.25, 0.3) is 0 Å². The first kappa shape index (κ1) is 28.9. The summed E-state index contributed by atoms with van der Waals surface area (Å²) in [7, 11) is 0. The fourth-order valence-corrected chi connectivity index (χ4v) is 2.51. The zero-order chi connectivity index (χ0) is 24.8. The van der Waals surface area contributed by atoms with Gasteiger partial charge in [0, 0.05) is 12.3 Å². The molecule has 0 aromatic rings. The molecule has 0 radical (unpaired) electrons. The Labute approximate surface area is 188 Å². The maximum absolute atomic E-state index is 12.6. The van der Waals surface area contributed by atoms with Crippen LogP contribution in [-0.2, 0) is 24.0 Å². The van der Waals surface area contributed by atoms with Crippen LogP contribution in [0.2, 0.25) is 0 Å². The van der Waals surface area contributed by atoms with E-state index in [0.29, 0.717) is 0 Å². The number of aliphatic carboxylic acids is 2. The number of guanidine groups is 1. The van der Waals surface area contributed by atoms with E-state index in [1.165, 1.54) is 0 Å². The molecular weight excluding hydrogens is 450 g/mol. The van der Waals surface area contributed by atoms with Crippen LogP contribution in [0.5, 0.6) is 0 Å². The van der Waals surface area contributed by atoms with Crippen LogP contribution in [-0.4, -0.2) is 94.0 Å². The van der Waals surface area contributed by atoms with E-state index in [0.717, 1.165) is 0 Å². The minimum absolute atomic E-state index is 0.0160. The Morgan fingerprint density at radius 3 is 1.91 bits per heavy atom. The molecule has 4 unspecified atom stereocenters. The molecule has 16 heteroatoms. The summed E-state index contributed by atoms with van der Waals surface area (Å²) in [6.45, 7) is -0.770. The fraction of sp³-hybridized carbons (Fsp3) is 0.625. The Balaban J connectivity index is 5.28. The Hall–Kier alpha value is -3.11. The van der Waals surface area contributed by atoms with Crippen molar-refractivity contribution in [3.63, 3.8) is 0 Å². The number of amides is 3. The number of hydrogen-bond acceptors (Lipinski definition) is 9. The molecule has 0 bridgehead atoms. The van der Waals surface area contributed by atoms with Crippen LogP contribution >= 0.6 is 12.6 Å². The van der Waals surface area contributed by atoms with Crippen LogP contribution in [0.3, 0.4) is 0 Å². The van der Waals surface area contributed by atoms with E-state index in [9.17, 15) is 24.0 Å². The number of aliphatic hydroxyl groups is 1. The Morgan fingerprint density at radius 2 is 1.44 bits per heavy atom. The van der Waals surface area contributed by atoms with Gasteiger partial charge in [-0.25, -0.2) is 4.79 Å². The SMILES string of the molecule is NC(N)=NCCCC(NC(=O)C(CS)NC(=O)C(N)CC(=O)O)C(=O)NC(CO)C(=O)O. The zero-order valence-electron chi connectivity index (χ0n) is 17.1. The first-order valence-electron chi connectivity index (χ1n) is 9.31. The first-order valence-corrected chi connectivity index (χ1v) is 9.94. The highest BCUT2D eigenvalue weighted by Gasteiger charge is 2.29. The van der Waals surface area contributed by atoms with Crippen molar-refractivity contribution in [2.75, 3.05) is 18.9 Å². The van der Waals surface area contributed by atoms with Crippen molar-refractivity contribution in [3.8, 4) is 0 Å². The number of nitrogens with two attached hydrogens (primary N) is 3. The second-order valence-corrected chi connectivity index (χ2v) is 6.91. The van der Waals surface area contributed by atoms with Crippen LogP contribution < -0.4 is 33.2 Å². The van der Waals surface area contributed by atoms with E-state index in [-0.39, 0.29) is 31.1 Å². The van der Waals surface area contributed by atoms with Crippen molar-refractivity contribution in [2.24, 2.45) is 22.2 Å². The summed E-state index contributed by atoms with van der Waals surface area (Å²) in [4.78, 5) is 62.5. The van der Waals surface area contributed by atoms with Gasteiger partial charge in [0.15, 0.2) is 5.96 Å². The summed E-state index contributed by atoms with van der Waals surface area (Å²) in [6.07, 6.45) is -0.466. The third kappa shape index (κ3) is 11.3. The quantitative estimate of drug-likeness (QED) is 0.0461. The summed E-state index contributed by atoms with van der Waals surface area (Å²) < 4.78 is 0. The molecule has 12 N–H and O–H groups in total. The van der Waals surface area contributed by atoms with E-state index in [4.69, 9.17) is 32.5 Å². The van der Waals surface area contributed by atoms with E-state index in [2.05, 4.69) is 33.6 Å². The van der Waals surface area contributed by atoms with Gasteiger partial charge in [0.1, 0.15) is 18.1 Å². The summed E-state index contributed by atoms with van der Waals surface area (Å²) >= 11 is 3.96. The van der Waals surface area contributed by atoms with Crippen LogP contribution in [0.4, 0.5) is 0 Å². The summed E-state index contributed by atoms with van der Waals surface area (Å²) in [5.74, 6) is -5.87. The van der Waals surface area contributed by atoms with E-state index < -0.39 is 66.9 Å². The number of nitrogens with one attached hydrogen (secondary N) is 3. The molecule has 32 heavy (non-hydrogen) atoms. The lowest BCUT2D eigenvalue weighted by atomic mass is 10.1. The average Bonchev–Trinajstić information content (AvgIpc) is 2.70. The van der Waals surface area contributed by atoms with Crippen LogP contribution in [0, 0.1) is 0 Å². The van der Waals surface area contributed by atoms with Crippen molar-refractivity contribution >= 4 is 48.2 Å². The molecule has 0 fully saturated rings. The monoisotopic (exact) mass is 479 g/mol. The molecular formula is C16H29N7O8S. The predicted molar refractivity (Wildman–Crippen MR) is 115 cm³/mol. The number of aliphatic imine (C=N–C) groups is 1. The Morgan fingerprint density at radius 1 is 0.906 bits per heavy atom. The molecule has 0 aromatic heterocycles. The standard InChI is InChI=1S/C16H29N7O8S/c17-7(4-11(25)26)12(27)23-10(6-32)14(29)21-8(2-1-3-20-16(18)19)13(28)22-9(5-24)15(30)31/h7-10,24,32H,1-6,17H2,(H,21,29)(H,22,28)(H,23,27)(H,25,26)(H,30,31)(H4,18,19,20). The second kappa shape index (κ2) is 14.8. The fourth-order valence-electron chi connectivity index (χ4n) is 2.26. The lowest BCUT2D eigenvalue weighted by Crippen LogP contribution is -2.58. The topological polar surface area (TPSA) is 273 Å². The maximum atomic E-state index is 12.6. The molecule has 15 nitrogen and oxygen atoms in total. The number of carbonyl (C=O) groups is 5. The highest BCUT2D eigenvalue weighted by atomic mass is 32.1. The molecule has 0 saturated heterocycles. The molecule has 0 rings (SSSR count). The largest absolute Gasteiger partial charge is 0.481 e. The van der Waals surface area contributed by atoms with Crippen molar-refractivity contribution in [3.05, 3.63) is 0 Å². The molecule has 0 aliphatic heterocycles. The van der Waals surface area contributed by atoms with Gasteiger partial charge in [-0.2, -0.15) is 12.6 Å². The maximum Gasteiger partial charge on any atom is 0.328 e. The Kier molecular flexibility index (Phi) is 13.4. The van der Waals surface area contributed by atoms with Crippen LogP contribution in [0.1, 0.15) is 19.3 Å². The highest BCUT2D eigenvalue weighted by Crippen LogP contribution is 2.02.